The van der Waals surface area contributed by atoms with Crippen molar-refractivity contribution < 1.29 is 9.18 Å². The molecule has 1 aromatic heterocycles. The lowest BCUT2D eigenvalue weighted by molar-refractivity contribution is -0.114. The molecule has 1 aliphatic rings. The Hall–Kier alpha value is -3.54. The minimum Gasteiger partial charge on any atom is -0.267 e. The zero-order valence-electron chi connectivity index (χ0n) is 16.6. The van der Waals surface area contributed by atoms with Gasteiger partial charge in [-0.05, 0) is 56.7 Å². The van der Waals surface area contributed by atoms with E-state index in [0.717, 1.165) is 22.5 Å². The van der Waals surface area contributed by atoms with E-state index in [0.29, 0.717) is 23.5 Å². The third kappa shape index (κ3) is 3.61. The maximum atomic E-state index is 13.2. The van der Waals surface area contributed by atoms with Gasteiger partial charge in [0, 0.05) is 11.3 Å². The Bertz CT molecular complexity index is 1130. The molecule has 2 aromatic carbocycles. The molecule has 1 amide bonds. The Morgan fingerprint density at radius 3 is 2.38 bits per heavy atom. The largest absolute Gasteiger partial charge is 0.280 e. The topological polar surface area (TPSA) is 50.5 Å². The number of aryl methyl sites for hydroxylation is 1. The zero-order chi connectivity index (χ0) is 20.5. The predicted molar refractivity (Wildman–Crippen MR) is 112 cm³/mol. The van der Waals surface area contributed by atoms with Gasteiger partial charge in [0.1, 0.15) is 5.82 Å². The molecule has 0 fully saturated rings. The van der Waals surface area contributed by atoms with E-state index < -0.39 is 0 Å². The van der Waals surface area contributed by atoms with Gasteiger partial charge in [-0.2, -0.15) is 15.2 Å². The Labute approximate surface area is 168 Å². The van der Waals surface area contributed by atoms with E-state index in [4.69, 9.17) is 0 Å². The molecular weight excluding hydrogens is 367 g/mol. The molecule has 3 aromatic rings. The van der Waals surface area contributed by atoms with Crippen LogP contribution in [0.5, 0.6) is 0 Å². The van der Waals surface area contributed by atoms with Gasteiger partial charge in [0.05, 0.1) is 29.2 Å². The van der Waals surface area contributed by atoms with E-state index >= 15 is 0 Å². The molecule has 146 valence electrons. The van der Waals surface area contributed by atoms with Crippen molar-refractivity contribution in [3.63, 3.8) is 0 Å². The number of aromatic nitrogens is 2. The van der Waals surface area contributed by atoms with E-state index in [1.807, 2.05) is 42.8 Å². The summed E-state index contributed by atoms with van der Waals surface area (Å²) < 4.78 is 15.1. The van der Waals surface area contributed by atoms with E-state index in [1.54, 1.807) is 19.1 Å². The molecule has 0 atom stereocenters. The van der Waals surface area contributed by atoms with Gasteiger partial charge in [-0.3, -0.25) is 9.48 Å². The van der Waals surface area contributed by atoms with Crippen LogP contribution in [0, 0.1) is 19.7 Å². The minimum atomic E-state index is -0.353. The van der Waals surface area contributed by atoms with Crippen LogP contribution in [0.25, 0.3) is 6.08 Å². The lowest BCUT2D eigenvalue weighted by Gasteiger charge is -2.11. The van der Waals surface area contributed by atoms with Crippen LogP contribution < -0.4 is 5.01 Å². The molecule has 0 saturated heterocycles. The maximum Gasteiger partial charge on any atom is 0.280 e. The van der Waals surface area contributed by atoms with Crippen molar-refractivity contribution in [2.75, 3.05) is 5.01 Å². The van der Waals surface area contributed by atoms with Gasteiger partial charge in [0.25, 0.3) is 5.91 Å². The third-order valence-electron chi connectivity index (χ3n) is 5.04. The number of hydrogen-bond acceptors (Lipinski definition) is 3. The average molecular weight is 388 g/mol. The first-order valence-electron chi connectivity index (χ1n) is 9.39. The summed E-state index contributed by atoms with van der Waals surface area (Å²) in [5.41, 5.74) is 5.58. The summed E-state index contributed by atoms with van der Waals surface area (Å²) in [6, 6.07) is 15.8. The lowest BCUT2D eigenvalue weighted by Crippen LogP contribution is -2.21. The van der Waals surface area contributed by atoms with Gasteiger partial charge < -0.3 is 0 Å². The van der Waals surface area contributed by atoms with Crippen LogP contribution in [-0.2, 0) is 11.3 Å². The van der Waals surface area contributed by atoms with E-state index in [2.05, 4.69) is 22.3 Å². The number of halogens is 1. The highest BCUT2D eigenvalue weighted by atomic mass is 19.1. The highest BCUT2D eigenvalue weighted by molar-refractivity contribution is 6.32. The molecule has 0 unspecified atom stereocenters. The first-order valence-corrected chi connectivity index (χ1v) is 9.39. The van der Waals surface area contributed by atoms with Crippen LogP contribution in [0.3, 0.4) is 0 Å². The van der Waals surface area contributed by atoms with Gasteiger partial charge in [0.15, 0.2) is 0 Å². The molecule has 6 heteroatoms. The molecular formula is C23H21FN4O. The van der Waals surface area contributed by atoms with Gasteiger partial charge in [-0.15, -0.1) is 0 Å². The lowest BCUT2D eigenvalue weighted by atomic mass is 10.1. The second-order valence-electron chi connectivity index (χ2n) is 7.06. The van der Waals surface area contributed by atoms with E-state index in [-0.39, 0.29) is 11.7 Å². The van der Waals surface area contributed by atoms with Crippen LogP contribution in [0.15, 0.2) is 65.3 Å². The number of nitrogens with zero attached hydrogens (tertiary/aromatic N) is 4. The van der Waals surface area contributed by atoms with Gasteiger partial charge in [-0.25, -0.2) is 4.39 Å². The second-order valence-corrected chi connectivity index (χ2v) is 7.06. The standard InChI is InChI=1S/C23H21FN4O/c1-15-21(17(3)27(25-15)14-18-7-5-4-6-8-18)13-22-16(2)26-28(23(22)29)20-11-9-19(24)10-12-20/h4-13H,14H2,1-3H3/b22-13+. The van der Waals surface area contributed by atoms with Crippen LogP contribution in [-0.4, -0.2) is 21.4 Å². The monoisotopic (exact) mass is 388 g/mol. The van der Waals surface area contributed by atoms with Crippen molar-refractivity contribution >= 4 is 23.4 Å². The van der Waals surface area contributed by atoms with Crippen molar-refractivity contribution in [2.45, 2.75) is 27.3 Å². The number of rotatable bonds is 4. The fourth-order valence-corrected chi connectivity index (χ4v) is 3.42. The van der Waals surface area contributed by atoms with Crippen molar-refractivity contribution in [1.82, 2.24) is 9.78 Å². The molecule has 0 saturated carbocycles. The molecule has 29 heavy (non-hydrogen) atoms. The van der Waals surface area contributed by atoms with Crippen molar-refractivity contribution in [3.8, 4) is 0 Å². The first kappa shape index (κ1) is 18.8. The number of benzene rings is 2. The highest BCUT2D eigenvalue weighted by Gasteiger charge is 2.29. The van der Waals surface area contributed by atoms with Gasteiger partial charge >= 0.3 is 0 Å². The SMILES string of the molecule is CC1=NN(c2ccc(F)cc2)C(=O)/C1=C/c1c(C)nn(Cc2ccccc2)c1C. The fourth-order valence-electron chi connectivity index (χ4n) is 3.42. The quantitative estimate of drug-likeness (QED) is 0.618. The summed E-state index contributed by atoms with van der Waals surface area (Å²) in [6.07, 6.45) is 1.85. The number of anilines is 1. The molecule has 0 radical (unpaired) electrons. The van der Waals surface area contributed by atoms with Gasteiger partial charge in [-0.1, -0.05) is 30.3 Å². The normalized spacial score (nSPS) is 15.3. The van der Waals surface area contributed by atoms with Crippen molar-refractivity contribution in [3.05, 3.63) is 88.5 Å². The Balaban J connectivity index is 1.65. The molecule has 0 N–H and O–H groups in total. The summed E-state index contributed by atoms with van der Waals surface area (Å²) in [7, 11) is 0. The average Bonchev–Trinajstić information content (AvgIpc) is 3.14. The predicted octanol–water partition coefficient (Wildman–Crippen LogP) is 4.49. The van der Waals surface area contributed by atoms with Crippen LogP contribution in [0.2, 0.25) is 0 Å². The second kappa shape index (κ2) is 7.47. The summed E-state index contributed by atoms with van der Waals surface area (Å²) in [5.74, 6) is -0.585. The number of hydrogen-bond donors (Lipinski definition) is 0. The number of carbonyl (C=O) groups is 1. The molecule has 4 rings (SSSR count). The molecule has 5 nitrogen and oxygen atoms in total. The van der Waals surface area contributed by atoms with Crippen molar-refractivity contribution in [1.29, 1.82) is 0 Å². The maximum absolute atomic E-state index is 13.2. The van der Waals surface area contributed by atoms with E-state index in [9.17, 15) is 9.18 Å². The number of carbonyl (C=O) groups excluding carboxylic acids is 1. The Morgan fingerprint density at radius 1 is 1.00 bits per heavy atom. The molecule has 0 bridgehead atoms. The summed E-state index contributed by atoms with van der Waals surface area (Å²) in [4.78, 5) is 12.9. The summed E-state index contributed by atoms with van der Waals surface area (Å²) in [6.45, 7) is 6.40. The zero-order valence-corrected chi connectivity index (χ0v) is 16.6. The summed E-state index contributed by atoms with van der Waals surface area (Å²) in [5, 5.41) is 10.3. The third-order valence-corrected chi connectivity index (χ3v) is 5.04. The fraction of sp³-hybridized carbons (Fsp3) is 0.174. The Morgan fingerprint density at radius 2 is 1.69 bits per heavy atom. The van der Waals surface area contributed by atoms with Crippen LogP contribution in [0.1, 0.15) is 29.4 Å². The van der Waals surface area contributed by atoms with Crippen molar-refractivity contribution in [2.24, 2.45) is 5.10 Å². The molecule has 0 spiro atoms. The first-order chi connectivity index (χ1) is 13.9. The van der Waals surface area contributed by atoms with Gasteiger partial charge in [0.2, 0.25) is 0 Å². The minimum absolute atomic E-state index is 0.233. The van der Waals surface area contributed by atoms with E-state index in [1.165, 1.54) is 17.1 Å². The summed E-state index contributed by atoms with van der Waals surface area (Å²) >= 11 is 0. The number of hydrazone groups is 1. The highest BCUT2D eigenvalue weighted by Crippen LogP contribution is 2.27. The number of amides is 1. The molecule has 2 heterocycles. The Kier molecular flexibility index (Phi) is 4.84. The van der Waals surface area contributed by atoms with Crippen LogP contribution >= 0.6 is 0 Å². The molecule has 1 aliphatic heterocycles. The van der Waals surface area contributed by atoms with Crippen LogP contribution in [0.4, 0.5) is 10.1 Å². The molecule has 0 aliphatic carbocycles. The smallest absolute Gasteiger partial charge is 0.267 e.